The highest BCUT2D eigenvalue weighted by molar-refractivity contribution is 5.97. The number of hydrogen-bond donors (Lipinski definition) is 1. The highest BCUT2D eigenvalue weighted by Crippen LogP contribution is 2.23. The fourth-order valence-corrected chi connectivity index (χ4v) is 3.43. The summed E-state index contributed by atoms with van der Waals surface area (Å²) in [6, 6.07) is 11.7. The first-order chi connectivity index (χ1) is 14.2. The van der Waals surface area contributed by atoms with E-state index in [0.29, 0.717) is 43.4 Å². The number of rotatable bonds is 3. The maximum atomic E-state index is 13.5. The topological polar surface area (TPSA) is 76.0 Å². The number of morpholine rings is 1. The Hall–Kier alpha value is -3.52. The van der Waals surface area contributed by atoms with Gasteiger partial charge >= 0.3 is 0 Å². The molecule has 1 saturated heterocycles. The van der Waals surface area contributed by atoms with E-state index in [1.54, 1.807) is 40.2 Å². The quantitative estimate of drug-likeness (QED) is 0.583. The highest BCUT2D eigenvalue weighted by atomic mass is 19.1. The van der Waals surface area contributed by atoms with Crippen LogP contribution in [0.1, 0.15) is 10.4 Å². The van der Waals surface area contributed by atoms with Crippen LogP contribution in [-0.4, -0.2) is 56.9 Å². The zero-order chi connectivity index (χ0) is 19.8. The average molecular weight is 391 g/mol. The average Bonchev–Trinajstić information content (AvgIpc) is 3.40. The number of fused-ring (bicyclic) bond motifs is 1. The van der Waals surface area contributed by atoms with Gasteiger partial charge in [-0.15, -0.1) is 0 Å². The minimum Gasteiger partial charge on any atom is -0.378 e. The van der Waals surface area contributed by atoms with Crippen molar-refractivity contribution in [2.24, 2.45) is 0 Å². The van der Waals surface area contributed by atoms with Crippen LogP contribution in [0.15, 0.2) is 54.9 Å². The van der Waals surface area contributed by atoms with Gasteiger partial charge in [-0.1, -0.05) is 6.07 Å². The summed E-state index contributed by atoms with van der Waals surface area (Å²) < 4.78 is 20.4. The van der Waals surface area contributed by atoms with Gasteiger partial charge in [-0.3, -0.25) is 4.79 Å². The van der Waals surface area contributed by atoms with Crippen molar-refractivity contribution in [1.82, 2.24) is 24.6 Å². The van der Waals surface area contributed by atoms with E-state index in [0.717, 1.165) is 16.6 Å². The standard InChI is InChI=1S/C21H18FN5O2/c22-16-2-1-3-17(11-16)27-13-15(12-23-27)20-24-18-5-4-14(10-19(18)25-20)21(28)26-6-8-29-9-7-26/h1-5,10-13H,6-9H2,(H,24,25). The van der Waals surface area contributed by atoms with E-state index in [1.165, 1.54) is 12.1 Å². The number of ether oxygens (including phenoxy) is 1. The summed E-state index contributed by atoms with van der Waals surface area (Å²) in [4.78, 5) is 22.3. The van der Waals surface area contributed by atoms with Gasteiger partial charge < -0.3 is 14.6 Å². The van der Waals surface area contributed by atoms with E-state index in [-0.39, 0.29) is 11.7 Å². The van der Waals surface area contributed by atoms with Crippen molar-refractivity contribution in [1.29, 1.82) is 0 Å². The van der Waals surface area contributed by atoms with E-state index < -0.39 is 0 Å². The second kappa shape index (κ2) is 7.14. The van der Waals surface area contributed by atoms with Crippen LogP contribution < -0.4 is 0 Å². The molecule has 1 aliphatic heterocycles. The molecule has 2 aromatic carbocycles. The molecule has 4 aromatic rings. The minimum absolute atomic E-state index is 0.00901. The molecule has 3 heterocycles. The lowest BCUT2D eigenvalue weighted by molar-refractivity contribution is 0.0303. The van der Waals surface area contributed by atoms with Crippen LogP contribution >= 0.6 is 0 Å². The molecule has 29 heavy (non-hydrogen) atoms. The molecule has 0 aliphatic carbocycles. The summed E-state index contributed by atoms with van der Waals surface area (Å²) in [6.45, 7) is 2.34. The molecule has 146 valence electrons. The van der Waals surface area contributed by atoms with E-state index in [9.17, 15) is 9.18 Å². The van der Waals surface area contributed by atoms with Gasteiger partial charge in [0.05, 0.1) is 41.7 Å². The Bertz CT molecular complexity index is 1190. The lowest BCUT2D eigenvalue weighted by Crippen LogP contribution is -2.40. The van der Waals surface area contributed by atoms with Gasteiger partial charge in [-0.2, -0.15) is 5.10 Å². The zero-order valence-corrected chi connectivity index (χ0v) is 15.5. The second-order valence-electron chi connectivity index (χ2n) is 6.88. The molecule has 1 N–H and O–H groups in total. The minimum atomic E-state index is -0.319. The Morgan fingerprint density at radius 3 is 2.83 bits per heavy atom. The summed E-state index contributed by atoms with van der Waals surface area (Å²) in [5, 5.41) is 4.30. The van der Waals surface area contributed by atoms with E-state index in [1.807, 2.05) is 12.1 Å². The van der Waals surface area contributed by atoms with Gasteiger partial charge in [0.25, 0.3) is 5.91 Å². The summed E-state index contributed by atoms with van der Waals surface area (Å²) in [6.07, 6.45) is 3.45. The third-order valence-electron chi connectivity index (χ3n) is 4.96. The molecule has 0 atom stereocenters. The Morgan fingerprint density at radius 1 is 1.14 bits per heavy atom. The van der Waals surface area contributed by atoms with Gasteiger partial charge in [0.2, 0.25) is 0 Å². The second-order valence-corrected chi connectivity index (χ2v) is 6.88. The van der Waals surface area contributed by atoms with Gasteiger partial charge in [0.15, 0.2) is 0 Å². The summed E-state index contributed by atoms with van der Waals surface area (Å²) >= 11 is 0. The number of H-pyrrole nitrogens is 1. The summed E-state index contributed by atoms with van der Waals surface area (Å²) in [5.74, 6) is 0.310. The zero-order valence-electron chi connectivity index (χ0n) is 15.5. The number of benzene rings is 2. The monoisotopic (exact) mass is 391 g/mol. The molecule has 0 bridgehead atoms. The summed E-state index contributed by atoms with van der Waals surface area (Å²) in [5.41, 5.74) is 3.55. The molecule has 7 nitrogen and oxygen atoms in total. The van der Waals surface area contributed by atoms with Crippen molar-refractivity contribution in [2.75, 3.05) is 26.3 Å². The fraction of sp³-hybridized carbons (Fsp3) is 0.190. The predicted octanol–water partition coefficient (Wildman–Crippen LogP) is 3.03. The predicted molar refractivity (Wildman–Crippen MR) is 105 cm³/mol. The van der Waals surface area contributed by atoms with E-state index >= 15 is 0 Å². The van der Waals surface area contributed by atoms with Gasteiger partial charge in [0, 0.05) is 24.8 Å². The molecule has 0 spiro atoms. The first-order valence-electron chi connectivity index (χ1n) is 9.35. The smallest absolute Gasteiger partial charge is 0.254 e. The lowest BCUT2D eigenvalue weighted by Gasteiger charge is -2.26. The van der Waals surface area contributed by atoms with Crippen LogP contribution in [0.3, 0.4) is 0 Å². The van der Waals surface area contributed by atoms with Crippen LogP contribution in [0.5, 0.6) is 0 Å². The Kier molecular flexibility index (Phi) is 4.33. The van der Waals surface area contributed by atoms with Crippen molar-refractivity contribution in [3.05, 3.63) is 66.2 Å². The Morgan fingerprint density at radius 2 is 2.00 bits per heavy atom. The molecular formula is C21H18FN5O2. The van der Waals surface area contributed by atoms with Crippen molar-refractivity contribution < 1.29 is 13.9 Å². The number of aromatic amines is 1. The first-order valence-corrected chi connectivity index (χ1v) is 9.35. The van der Waals surface area contributed by atoms with Crippen molar-refractivity contribution >= 4 is 16.9 Å². The molecule has 0 saturated carbocycles. The molecule has 1 amide bonds. The molecule has 1 fully saturated rings. The maximum Gasteiger partial charge on any atom is 0.254 e. The molecule has 1 aliphatic rings. The number of imidazole rings is 1. The largest absolute Gasteiger partial charge is 0.378 e. The molecule has 0 unspecified atom stereocenters. The first kappa shape index (κ1) is 17.6. The number of halogens is 1. The number of nitrogens with zero attached hydrogens (tertiary/aromatic N) is 4. The van der Waals surface area contributed by atoms with Crippen LogP contribution in [0.4, 0.5) is 4.39 Å². The summed E-state index contributed by atoms with van der Waals surface area (Å²) in [7, 11) is 0. The number of hydrogen-bond acceptors (Lipinski definition) is 4. The number of nitrogens with one attached hydrogen (secondary N) is 1. The lowest BCUT2D eigenvalue weighted by atomic mass is 10.1. The van der Waals surface area contributed by atoms with Gasteiger partial charge in [0.1, 0.15) is 11.6 Å². The van der Waals surface area contributed by atoms with Gasteiger partial charge in [-0.05, 0) is 36.4 Å². The number of carbonyl (C=O) groups is 1. The van der Waals surface area contributed by atoms with Crippen LogP contribution in [0.2, 0.25) is 0 Å². The number of amides is 1. The highest BCUT2D eigenvalue weighted by Gasteiger charge is 2.19. The Labute approximate surface area is 165 Å². The Balaban J connectivity index is 1.44. The number of carbonyl (C=O) groups excluding carboxylic acids is 1. The number of aromatic nitrogens is 4. The molecular weight excluding hydrogens is 373 g/mol. The molecule has 0 radical (unpaired) electrons. The molecule has 5 rings (SSSR count). The van der Waals surface area contributed by atoms with Crippen molar-refractivity contribution in [3.63, 3.8) is 0 Å². The SMILES string of the molecule is O=C(c1ccc2nc(-c3cnn(-c4cccc(F)c4)c3)[nH]c2c1)N1CCOCC1. The fourth-order valence-electron chi connectivity index (χ4n) is 3.43. The van der Waals surface area contributed by atoms with Crippen LogP contribution in [0.25, 0.3) is 28.1 Å². The maximum absolute atomic E-state index is 13.5. The molecule has 2 aromatic heterocycles. The van der Waals surface area contributed by atoms with Crippen LogP contribution in [-0.2, 0) is 4.74 Å². The molecule has 8 heteroatoms. The van der Waals surface area contributed by atoms with E-state index in [2.05, 4.69) is 15.1 Å². The third-order valence-corrected chi connectivity index (χ3v) is 4.96. The van der Waals surface area contributed by atoms with Crippen LogP contribution in [0, 0.1) is 5.82 Å². The van der Waals surface area contributed by atoms with Crippen molar-refractivity contribution in [3.8, 4) is 17.1 Å². The van der Waals surface area contributed by atoms with Gasteiger partial charge in [-0.25, -0.2) is 14.1 Å². The third kappa shape index (κ3) is 3.38. The van der Waals surface area contributed by atoms with Crippen molar-refractivity contribution in [2.45, 2.75) is 0 Å². The van der Waals surface area contributed by atoms with E-state index in [4.69, 9.17) is 4.74 Å². The normalized spacial score (nSPS) is 14.4.